The van der Waals surface area contributed by atoms with Crippen molar-refractivity contribution in [3.05, 3.63) is 0 Å². The molecule has 2 unspecified atom stereocenters. The average molecular weight is 303 g/mol. The zero-order chi connectivity index (χ0) is 16.2. The van der Waals surface area contributed by atoms with Crippen LogP contribution in [0.5, 0.6) is 0 Å². The monoisotopic (exact) mass is 303 g/mol. The highest BCUT2D eigenvalue weighted by molar-refractivity contribution is 5.76. The molecule has 0 bridgehead atoms. The van der Waals surface area contributed by atoms with Gasteiger partial charge in [0.25, 0.3) is 0 Å². The van der Waals surface area contributed by atoms with E-state index in [1.54, 1.807) is 20.8 Å². The maximum atomic E-state index is 12.2. The number of carboxylic acid groups (broad SMARTS) is 1. The highest BCUT2D eigenvalue weighted by Crippen LogP contribution is 2.19. The quantitative estimate of drug-likeness (QED) is 0.763. The van der Waals surface area contributed by atoms with E-state index in [2.05, 4.69) is 4.74 Å². The molecular formula is C13H21NO7. The molecule has 21 heavy (non-hydrogen) atoms. The predicted molar refractivity (Wildman–Crippen MR) is 70.7 cm³/mol. The van der Waals surface area contributed by atoms with Gasteiger partial charge in [-0.1, -0.05) is 0 Å². The van der Waals surface area contributed by atoms with Gasteiger partial charge in [0.05, 0.1) is 32.7 Å². The molecule has 0 aromatic heterocycles. The molecule has 0 aromatic carbocycles. The van der Waals surface area contributed by atoms with E-state index in [1.807, 2.05) is 0 Å². The van der Waals surface area contributed by atoms with Crippen molar-refractivity contribution in [1.82, 2.24) is 4.90 Å². The van der Waals surface area contributed by atoms with Crippen LogP contribution >= 0.6 is 0 Å². The molecule has 8 heteroatoms. The first kappa shape index (κ1) is 17.2. The minimum Gasteiger partial charge on any atom is -0.479 e. The summed E-state index contributed by atoms with van der Waals surface area (Å²) in [6.45, 7) is 4.87. The third kappa shape index (κ3) is 5.22. The van der Waals surface area contributed by atoms with Gasteiger partial charge >= 0.3 is 18.0 Å². The SMILES string of the molecule is COC(=O)CC1COC(C(=O)O)CN1C(=O)OC(C)(C)C. The van der Waals surface area contributed by atoms with Gasteiger partial charge in [-0.2, -0.15) is 0 Å². The van der Waals surface area contributed by atoms with Crippen LogP contribution in [0.15, 0.2) is 0 Å². The van der Waals surface area contributed by atoms with Crippen LogP contribution in [0.3, 0.4) is 0 Å². The Labute approximate surface area is 122 Å². The average Bonchev–Trinajstić information content (AvgIpc) is 2.36. The number of hydrogen-bond acceptors (Lipinski definition) is 6. The Bertz CT molecular complexity index is 415. The fraction of sp³-hybridized carbons (Fsp3) is 0.769. The number of rotatable bonds is 3. The van der Waals surface area contributed by atoms with E-state index in [0.717, 1.165) is 0 Å². The Balaban J connectivity index is 2.84. The molecule has 1 aliphatic rings. The van der Waals surface area contributed by atoms with Crippen molar-refractivity contribution in [3.63, 3.8) is 0 Å². The largest absolute Gasteiger partial charge is 0.479 e. The molecule has 1 fully saturated rings. The third-order valence-corrected chi connectivity index (χ3v) is 2.83. The second-order valence-electron chi connectivity index (χ2n) is 5.73. The van der Waals surface area contributed by atoms with Gasteiger partial charge in [0.2, 0.25) is 0 Å². The Hall–Kier alpha value is -1.83. The first-order chi connectivity index (χ1) is 9.64. The molecule has 0 spiro atoms. The fourth-order valence-corrected chi connectivity index (χ4v) is 1.84. The topological polar surface area (TPSA) is 102 Å². The summed E-state index contributed by atoms with van der Waals surface area (Å²) in [6, 6.07) is -0.608. The van der Waals surface area contributed by atoms with Crippen LogP contribution in [0, 0.1) is 0 Å². The van der Waals surface area contributed by atoms with Crippen molar-refractivity contribution in [2.24, 2.45) is 0 Å². The fourth-order valence-electron chi connectivity index (χ4n) is 1.84. The number of amides is 1. The summed E-state index contributed by atoms with van der Waals surface area (Å²) < 4.78 is 15.0. The van der Waals surface area contributed by atoms with E-state index < -0.39 is 35.8 Å². The summed E-state index contributed by atoms with van der Waals surface area (Å²) >= 11 is 0. The van der Waals surface area contributed by atoms with Crippen molar-refractivity contribution in [2.75, 3.05) is 20.3 Å². The minimum atomic E-state index is -1.17. The Morgan fingerprint density at radius 2 is 1.95 bits per heavy atom. The smallest absolute Gasteiger partial charge is 0.410 e. The maximum absolute atomic E-state index is 12.2. The number of hydrogen-bond donors (Lipinski definition) is 1. The first-order valence-corrected chi connectivity index (χ1v) is 6.55. The summed E-state index contributed by atoms with van der Waals surface area (Å²) in [6.07, 6.45) is -1.89. The number of ether oxygens (including phenoxy) is 3. The number of carbonyl (C=O) groups is 3. The van der Waals surface area contributed by atoms with Crippen LogP contribution in [-0.4, -0.2) is 66.0 Å². The van der Waals surface area contributed by atoms with Gasteiger partial charge in [-0.25, -0.2) is 9.59 Å². The lowest BCUT2D eigenvalue weighted by Crippen LogP contribution is -2.56. The lowest BCUT2D eigenvalue weighted by molar-refractivity contribution is -0.160. The number of methoxy groups -OCH3 is 1. The van der Waals surface area contributed by atoms with Crippen LogP contribution in [0.4, 0.5) is 4.79 Å². The van der Waals surface area contributed by atoms with Crippen LogP contribution in [0.2, 0.25) is 0 Å². The van der Waals surface area contributed by atoms with E-state index >= 15 is 0 Å². The molecule has 1 heterocycles. The van der Waals surface area contributed by atoms with Gasteiger partial charge in [0.15, 0.2) is 6.10 Å². The number of morpholine rings is 1. The van der Waals surface area contributed by atoms with Crippen molar-refractivity contribution in [1.29, 1.82) is 0 Å². The van der Waals surface area contributed by atoms with E-state index in [1.165, 1.54) is 12.0 Å². The molecule has 1 N–H and O–H groups in total. The van der Waals surface area contributed by atoms with Gasteiger partial charge in [-0.3, -0.25) is 9.69 Å². The molecule has 1 rings (SSSR count). The molecule has 1 saturated heterocycles. The summed E-state index contributed by atoms with van der Waals surface area (Å²) in [5.41, 5.74) is -0.718. The van der Waals surface area contributed by atoms with Gasteiger partial charge in [-0.15, -0.1) is 0 Å². The standard InChI is InChI=1S/C13H21NO7/c1-13(2,3)21-12(18)14-6-9(11(16)17)20-7-8(14)5-10(15)19-4/h8-9H,5-7H2,1-4H3,(H,16,17). The highest BCUT2D eigenvalue weighted by atomic mass is 16.6. The summed E-state index contributed by atoms with van der Waals surface area (Å²) in [4.78, 5) is 35.8. The normalized spacial score (nSPS) is 22.6. The molecule has 0 radical (unpaired) electrons. The second kappa shape index (κ2) is 6.75. The third-order valence-electron chi connectivity index (χ3n) is 2.83. The molecular weight excluding hydrogens is 282 g/mol. The van der Waals surface area contributed by atoms with Gasteiger partial charge in [0.1, 0.15) is 5.60 Å². The first-order valence-electron chi connectivity index (χ1n) is 6.55. The van der Waals surface area contributed by atoms with Crippen molar-refractivity contribution in [2.45, 2.75) is 44.9 Å². The Morgan fingerprint density at radius 3 is 2.43 bits per heavy atom. The van der Waals surface area contributed by atoms with E-state index in [4.69, 9.17) is 14.6 Å². The molecule has 2 atom stereocenters. The van der Waals surface area contributed by atoms with E-state index in [-0.39, 0.29) is 19.6 Å². The number of aliphatic carboxylic acids is 1. The lowest BCUT2D eigenvalue weighted by Gasteiger charge is -2.38. The highest BCUT2D eigenvalue weighted by Gasteiger charge is 2.38. The Morgan fingerprint density at radius 1 is 1.33 bits per heavy atom. The van der Waals surface area contributed by atoms with Crippen molar-refractivity contribution in [3.8, 4) is 0 Å². The minimum absolute atomic E-state index is 0.0642. The summed E-state index contributed by atoms with van der Waals surface area (Å²) in [5, 5.41) is 8.99. The van der Waals surface area contributed by atoms with Crippen LogP contribution < -0.4 is 0 Å². The molecule has 0 saturated carbocycles. The maximum Gasteiger partial charge on any atom is 0.410 e. The Kier molecular flexibility index (Phi) is 5.54. The van der Waals surface area contributed by atoms with Crippen LogP contribution in [0.25, 0.3) is 0 Å². The second-order valence-corrected chi connectivity index (χ2v) is 5.73. The number of nitrogens with zero attached hydrogens (tertiary/aromatic N) is 1. The number of carboxylic acids is 1. The lowest BCUT2D eigenvalue weighted by atomic mass is 10.1. The number of carbonyl (C=O) groups excluding carboxylic acids is 2. The molecule has 1 aliphatic heterocycles. The molecule has 0 aliphatic carbocycles. The molecule has 120 valence electrons. The summed E-state index contributed by atoms with van der Waals surface area (Å²) in [7, 11) is 1.24. The zero-order valence-corrected chi connectivity index (χ0v) is 12.6. The van der Waals surface area contributed by atoms with Crippen LogP contribution in [-0.2, 0) is 23.8 Å². The van der Waals surface area contributed by atoms with Gasteiger partial charge in [-0.05, 0) is 20.8 Å². The molecule has 1 amide bonds. The van der Waals surface area contributed by atoms with Crippen molar-refractivity contribution < 1.29 is 33.7 Å². The van der Waals surface area contributed by atoms with E-state index in [0.29, 0.717) is 0 Å². The molecule has 8 nitrogen and oxygen atoms in total. The summed E-state index contributed by atoms with van der Waals surface area (Å²) in [5.74, 6) is -1.67. The predicted octanol–water partition coefficient (Wildman–Crippen LogP) is 0.639. The number of esters is 1. The van der Waals surface area contributed by atoms with Crippen molar-refractivity contribution >= 4 is 18.0 Å². The molecule has 0 aromatic rings. The zero-order valence-electron chi connectivity index (χ0n) is 12.6. The van der Waals surface area contributed by atoms with E-state index in [9.17, 15) is 14.4 Å². The van der Waals surface area contributed by atoms with Gasteiger partial charge < -0.3 is 19.3 Å². The van der Waals surface area contributed by atoms with Gasteiger partial charge in [0, 0.05) is 0 Å². The van der Waals surface area contributed by atoms with Crippen LogP contribution in [0.1, 0.15) is 27.2 Å².